The summed E-state index contributed by atoms with van der Waals surface area (Å²) in [5.74, 6) is 1.33. The van der Waals surface area contributed by atoms with Crippen LogP contribution in [0, 0.1) is 0 Å². The Hall–Kier alpha value is -0.840. The van der Waals surface area contributed by atoms with Gasteiger partial charge in [0.15, 0.2) is 0 Å². The van der Waals surface area contributed by atoms with Crippen molar-refractivity contribution >= 4 is 49.9 Å². The standard InChI is InChI=1S/C14H12BrClN2S/c1-9(13-3-2-6-19-13)18-12-7-10(15)4-5-11(12)17-14(18)8-16/h2-7,9H,8H2,1H3. The molecule has 2 nitrogen and oxygen atoms in total. The van der Waals surface area contributed by atoms with Crippen molar-refractivity contribution in [1.82, 2.24) is 9.55 Å². The number of hydrogen-bond acceptors (Lipinski definition) is 2. The molecule has 0 N–H and O–H groups in total. The van der Waals surface area contributed by atoms with E-state index in [4.69, 9.17) is 11.6 Å². The number of rotatable bonds is 3. The van der Waals surface area contributed by atoms with Crippen LogP contribution in [0.15, 0.2) is 40.2 Å². The van der Waals surface area contributed by atoms with E-state index in [0.29, 0.717) is 5.88 Å². The number of thiophene rings is 1. The second kappa shape index (κ2) is 5.27. The fourth-order valence-electron chi connectivity index (χ4n) is 2.30. The Balaban J connectivity index is 2.23. The van der Waals surface area contributed by atoms with E-state index in [-0.39, 0.29) is 6.04 Å². The first-order valence-corrected chi connectivity index (χ1v) is 8.17. The Morgan fingerprint density at radius 3 is 2.95 bits per heavy atom. The zero-order valence-corrected chi connectivity index (χ0v) is 13.5. The van der Waals surface area contributed by atoms with Gasteiger partial charge in [-0.05, 0) is 36.6 Å². The zero-order chi connectivity index (χ0) is 13.4. The smallest absolute Gasteiger partial charge is 0.125 e. The van der Waals surface area contributed by atoms with Crippen LogP contribution >= 0.6 is 38.9 Å². The van der Waals surface area contributed by atoms with Gasteiger partial charge in [0.25, 0.3) is 0 Å². The summed E-state index contributed by atoms with van der Waals surface area (Å²) >= 11 is 11.3. The maximum Gasteiger partial charge on any atom is 0.125 e. The molecule has 0 saturated carbocycles. The van der Waals surface area contributed by atoms with Crippen molar-refractivity contribution in [3.8, 4) is 0 Å². The van der Waals surface area contributed by atoms with E-state index in [0.717, 1.165) is 21.3 Å². The number of imidazole rings is 1. The summed E-state index contributed by atoms with van der Waals surface area (Å²) in [6.45, 7) is 2.18. The number of alkyl halides is 1. The first kappa shape index (κ1) is 13.2. The summed E-state index contributed by atoms with van der Waals surface area (Å²) < 4.78 is 3.28. The van der Waals surface area contributed by atoms with E-state index < -0.39 is 0 Å². The van der Waals surface area contributed by atoms with Crippen molar-refractivity contribution in [3.63, 3.8) is 0 Å². The van der Waals surface area contributed by atoms with Gasteiger partial charge in [-0.2, -0.15) is 0 Å². The quantitative estimate of drug-likeness (QED) is 0.590. The molecule has 0 aliphatic rings. The molecule has 19 heavy (non-hydrogen) atoms. The van der Waals surface area contributed by atoms with E-state index in [2.05, 4.69) is 56.0 Å². The summed E-state index contributed by atoms with van der Waals surface area (Å²) in [6, 6.07) is 10.6. The maximum absolute atomic E-state index is 6.06. The molecule has 0 saturated heterocycles. The van der Waals surface area contributed by atoms with Crippen molar-refractivity contribution in [1.29, 1.82) is 0 Å². The van der Waals surface area contributed by atoms with Gasteiger partial charge in [0.2, 0.25) is 0 Å². The van der Waals surface area contributed by atoms with Gasteiger partial charge in [0, 0.05) is 9.35 Å². The molecule has 1 atom stereocenters. The summed E-state index contributed by atoms with van der Waals surface area (Å²) in [4.78, 5) is 5.93. The summed E-state index contributed by atoms with van der Waals surface area (Å²) in [7, 11) is 0. The van der Waals surface area contributed by atoms with Crippen LogP contribution < -0.4 is 0 Å². The summed E-state index contributed by atoms with van der Waals surface area (Å²) in [6.07, 6.45) is 0. The summed E-state index contributed by atoms with van der Waals surface area (Å²) in [5, 5.41) is 2.10. The topological polar surface area (TPSA) is 17.8 Å². The Morgan fingerprint density at radius 1 is 1.42 bits per heavy atom. The Labute approximate surface area is 129 Å². The van der Waals surface area contributed by atoms with Crippen molar-refractivity contribution in [2.24, 2.45) is 0 Å². The number of halogens is 2. The number of aromatic nitrogens is 2. The van der Waals surface area contributed by atoms with Crippen LogP contribution in [0.4, 0.5) is 0 Å². The minimum absolute atomic E-state index is 0.244. The minimum atomic E-state index is 0.244. The molecule has 0 radical (unpaired) electrons. The molecule has 1 unspecified atom stereocenters. The molecule has 3 rings (SSSR count). The molecule has 0 aliphatic carbocycles. The van der Waals surface area contributed by atoms with Crippen LogP contribution in [0.2, 0.25) is 0 Å². The van der Waals surface area contributed by atoms with E-state index in [1.807, 2.05) is 12.1 Å². The van der Waals surface area contributed by atoms with Gasteiger partial charge in [0.05, 0.1) is 23.0 Å². The van der Waals surface area contributed by atoms with Gasteiger partial charge in [0.1, 0.15) is 5.82 Å². The average Bonchev–Trinajstić information content (AvgIpc) is 3.04. The molecule has 2 heterocycles. The minimum Gasteiger partial charge on any atom is -0.319 e. The third-order valence-electron chi connectivity index (χ3n) is 3.19. The molecule has 0 spiro atoms. The van der Waals surface area contributed by atoms with Crippen LogP contribution in [0.5, 0.6) is 0 Å². The first-order valence-electron chi connectivity index (χ1n) is 5.96. The van der Waals surface area contributed by atoms with E-state index in [1.165, 1.54) is 4.88 Å². The molecule has 0 aliphatic heterocycles. The highest BCUT2D eigenvalue weighted by atomic mass is 79.9. The van der Waals surface area contributed by atoms with Crippen molar-refractivity contribution < 1.29 is 0 Å². The van der Waals surface area contributed by atoms with Gasteiger partial charge < -0.3 is 4.57 Å². The molecule has 5 heteroatoms. The lowest BCUT2D eigenvalue weighted by molar-refractivity contribution is 0.644. The number of benzene rings is 1. The van der Waals surface area contributed by atoms with Crippen LogP contribution in [0.1, 0.15) is 23.7 Å². The highest BCUT2D eigenvalue weighted by Gasteiger charge is 2.17. The van der Waals surface area contributed by atoms with Gasteiger partial charge in [-0.1, -0.05) is 22.0 Å². The van der Waals surface area contributed by atoms with Gasteiger partial charge in [-0.15, -0.1) is 22.9 Å². The van der Waals surface area contributed by atoms with Crippen molar-refractivity contribution in [3.05, 3.63) is 50.9 Å². The fraction of sp³-hybridized carbons (Fsp3) is 0.214. The van der Waals surface area contributed by atoms with Gasteiger partial charge in [-0.25, -0.2) is 4.98 Å². The molecule has 0 amide bonds. The van der Waals surface area contributed by atoms with Gasteiger partial charge >= 0.3 is 0 Å². The normalized spacial score (nSPS) is 13.0. The Morgan fingerprint density at radius 2 is 2.26 bits per heavy atom. The van der Waals surface area contributed by atoms with E-state index in [1.54, 1.807) is 11.3 Å². The van der Waals surface area contributed by atoms with Crippen LogP contribution in [0.3, 0.4) is 0 Å². The predicted octanol–water partition coefficient (Wildman–Crippen LogP) is 5.21. The molecular weight excluding hydrogens is 344 g/mol. The Bertz CT molecular complexity index is 706. The molecule has 0 bridgehead atoms. The second-order valence-corrected chi connectivity index (χ2v) is 6.52. The lowest BCUT2D eigenvalue weighted by Crippen LogP contribution is -2.08. The lowest BCUT2D eigenvalue weighted by Gasteiger charge is -2.15. The predicted molar refractivity (Wildman–Crippen MR) is 85.1 cm³/mol. The fourth-order valence-corrected chi connectivity index (χ4v) is 3.61. The molecule has 2 aromatic heterocycles. The van der Waals surface area contributed by atoms with Crippen LogP contribution in [-0.2, 0) is 5.88 Å². The van der Waals surface area contributed by atoms with E-state index >= 15 is 0 Å². The Kier molecular flexibility index (Phi) is 3.65. The lowest BCUT2D eigenvalue weighted by atomic mass is 10.2. The van der Waals surface area contributed by atoms with E-state index in [9.17, 15) is 0 Å². The van der Waals surface area contributed by atoms with Crippen LogP contribution in [0.25, 0.3) is 11.0 Å². The molecule has 98 valence electrons. The largest absolute Gasteiger partial charge is 0.319 e. The maximum atomic E-state index is 6.06. The first-order chi connectivity index (χ1) is 9.20. The van der Waals surface area contributed by atoms with Gasteiger partial charge in [-0.3, -0.25) is 0 Å². The number of nitrogens with zero attached hydrogens (tertiary/aromatic N) is 2. The zero-order valence-electron chi connectivity index (χ0n) is 10.3. The average molecular weight is 356 g/mol. The molecule has 0 fully saturated rings. The molecule has 1 aromatic carbocycles. The molecular formula is C14H12BrClN2S. The van der Waals surface area contributed by atoms with Crippen LogP contribution in [-0.4, -0.2) is 9.55 Å². The SMILES string of the molecule is CC(c1cccs1)n1c(CCl)nc2ccc(Br)cc21. The highest BCUT2D eigenvalue weighted by molar-refractivity contribution is 9.10. The monoisotopic (exact) mass is 354 g/mol. The highest BCUT2D eigenvalue weighted by Crippen LogP contribution is 2.30. The number of hydrogen-bond donors (Lipinski definition) is 0. The third kappa shape index (κ3) is 2.33. The summed E-state index contributed by atoms with van der Waals surface area (Å²) in [5.41, 5.74) is 2.10. The number of fused-ring (bicyclic) bond motifs is 1. The second-order valence-electron chi connectivity index (χ2n) is 4.36. The third-order valence-corrected chi connectivity index (χ3v) is 4.96. The van der Waals surface area contributed by atoms with Crippen molar-refractivity contribution in [2.75, 3.05) is 0 Å². The molecule has 3 aromatic rings. The van der Waals surface area contributed by atoms with Crippen molar-refractivity contribution in [2.45, 2.75) is 18.8 Å².